The molecule has 6 nitrogen and oxygen atoms in total. The van der Waals surface area contributed by atoms with Gasteiger partial charge < -0.3 is 14.2 Å². The van der Waals surface area contributed by atoms with Crippen molar-refractivity contribution in [1.82, 2.24) is 5.32 Å². The Hall–Kier alpha value is -2.73. The lowest BCUT2D eigenvalue weighted by Gasteiger charge is -2.50. The first-order chi connectivity index (χ1) is 14.5. The van der Waals surface area contributed by atoms with Crippen LogP contribution in [-0.4, -0.2) is 32.6 Å². The fourth-order valence-corrected chi connectivity index (χ4v) is 4.19. The van der Waals surface area contributed by atoms with Crippen molar-refractivity contribution in [3.63, 3.8) is 0 Å². The lowest BCUT2D eigenvalue weighted by atomic mass is 9.82. The first kappa shape index (κ1) is 22.0. The zero-order chi connectivity index (χ0) is 21.7. The van der Waals surface area contributed by atoms with Crippen LogP contribution in [0.2, 0.25) is 0 Å². The van der Waals surface area contributed by atoms with Crippen LogP contribution in [0, 0.1) is 5.92 Å². The molecule has 162 valence electrons. The molecule has 1 N–H and O–H groups in total. The first-order valence-corrected chi connectivity index (χ1v) is 10.5. The van der Waals surface area contributed by atoms with Crippen molar-refractivity contribution in [3.05, 3.63) is 53.6 Å². The van der Waals surface area contributed by atoms with Crippen molar-refractivity contribution in [2.24, 2.45) is 5.92 Å². The van der Waals surface area contributed by atoms with Gasteiger partial charge in [0.15, 0.2) is 11.5 Å². The summed E-state index contributed by atoms with van der Waals surface area (Å²) in [4.78, 5) is 15.0. The molecule has 0 aliphatic carbocycles. The van der Waals surface area contributed by atoms with E-state index in [0.29, 0.717) is 24.7 Å². The van der Waals surface area contributed by atoms with Crippen LogP contribution in [0.3, 0.4) is 0 Å². The first-order valence-electron chi connectivity index (χ1n) is 10.5. The van der Waals surface area contributed by atoms with E-state index in [0.717, 1.165) is 24.1 Å². The molecule has 3 rings (SSSR count). The molecule has 0 radical (unpaired) electrons. The van der Waals surface area contributed by atoms with Crippen molar-refractivity contribution >= 4 is 11.8 Å². The molecule has 1 aliphatic heterocycles. The highest BCUT2D eigenvalue weighted by molar-refractivity contribution is 5.92. The van der Waals surface area contributed by atoms with Gasteiger partial charge in [-0.25, -0.2) is 4.79 Å². The number of amides is 1. The highest BCUT2D eigenvalue weighted by Crippen LogP contribution is 2.45. The Labute approximate surface area is 179 Å². The molecule has 1 heterocycles. The highest BCUT2D eigenvalue weighted by Gasteiger charge is 2.47. The summed E-state index contributed by atoms with van der Waals surface area (Å²) in [7, 11) is 3.22. The maximum atomic E-state index is 13.2. The van der Waals surface area contributed by atoms with E-state index >= 15 is 0 Å². The second-order valence-corrected chi connectivity index (χ2v) is 7.79. The summed E-state index contributed by atoms with van der Waals surface area (Å²) in [6, 6.07) is 14.1. The van der Waals surface area contributed by atoms with Gasteiger partial charge in [0, 0.05) is 12.6 Å². The van der Waals surface area contributed by atoms with Crippen LogP contribution in [0.5, 0.6) is 11.5 Å². The zero-order valence-corrected chi connectivity index (χ0v) is 18.5. The summed E-state index contributed by atoms with van der Waals surface area (Å²) in [5.41, 5.74) is 2.42. The largest absolute Gasteiger partial charge is 0.493 e. The minimum atomic E-state index is -0.589. The van der Waals surface area contributed by atoms with Gasteiger partial charge in [-0.15, -0.1) is 0 Å². The quantitative estimate of drug-likeness (QED) is 0.711. The standard InChI is InChI=1S/C24H32N2O4/c1-6-30-23(27)26-20-15-22(29-5)21(28-4)14-19(20)12-13-24(26,17(2)3)25-16-18-10-8-7-9-11-18/h7-11,14-15,17,25H,6,12-13,16H2,1-5H3. The molecule has 30 heavy (non-hydrogen) atoms. The number of nitrogens with one attached hydrogen (secondary N) is 1. The number of methoxy groups -OCH3 is 2. The van der Waals surface area contributed by atoms with Gasteiger partial charge in [-0.2, -0.15) is 0 Å². The number of ether oxygens (including phenoxy) is 3. The monoisotopic (exact) mass is 412 g/mol. The van der Waals surface area contributed by atoms with Gasteiger partial charge in [0.25, 0.3) is 0 Å². The molecule has 0 saturated heterocycles. The van der Waals surface area contributed by atoms with Gasteiger partial charge in [0.2, 0.25) is 0 Å². The molecule has 2 aromatic carbocycles. The van der Waals surface area contributed by atoms with E-state index in [9.17, 15) is 4.79 Å². The van der Waals surface area contributed by atoms with E-state index in [1.807, 2.05) is 37.3 Å². The molecule has 0 saturated carbocycles. The van der Waals surface area contributed by atoms with Crippen LogP contribution < -0.4 is 19.7 Å². The van der Waals surface area contributed by atoms with Crippen LogP contribution >= 0.6 is 0 Å². The van der Waals surface area contributed by atoms with Gasteiger partial charge in [0.05, 0.1) is 26.5 Å². The smallest absolute Gasteiger partial charge is 0.415 e. The minimum absolute atomic E-state index is 0.145. The SMILES string of the molecule is CCOC(=O)N1c2cc(OC)c(OC)cc2CCC1(NCc1ccccc1)C(C)C. The van der Waals surface area contributed by atoms with Gasteiger partial charge in [0.1, 0.15) is 5.66 Å². The molecule has 1 amide bonds. The van der Waals surface area contributed by atoms with Crippen molar-refractivity contribution in [2.75, 3.05) is 25.7 Å². The van der Waals surface area contributed by atoms with Crippen molar-refractivity contribution in [1.29, 1.82) is 0 Å². The van der Waals surface area contributed by atoms with Crippen LogP contribution in [0.4, 0.5) is 10.5 Å². The van der Waals surface area contributed by atoms with E-state index in [-0.39, 0.29) is 12.0 Å². The maximum absolute atomic E-state index is 13.2. The normalized spacial score (nSPS) is 18.1. The Morgan fingerprint density at radius 3 is 2.40 bits per heavy atom. The Morgan fingerprint density at radius 1 is 1.13 bits per heavy atom. The molecule has 0 aromatic heterocycles. The van der Waals surface area contributed by atoms with E-state index in [1.54, 1.807) is 19.1 Å². The Bertz CT molecular complexity index is 869. The number of hydrogen-bond donors (Lipinski definition) is 1. The zero-order valence-electron chi connectivity index (χ0n) is 18.5. The molecule has 0 fully saturated rings. The fourth-order valence-electron chi connectivity index (χ4n) is 4.19. The number of hydrogen-bond acceptors (Lipinski definition) is 5. The summed E-state index contributed by atoms with van der Waals surface area (Å²) < 4.78 is 16.5. The Kier molecular flexibility index (Phi) is 6.87. The van der Waals surface area contributed by atoms with E-state index in [4.69, 9.17) is 14.2 Å². The molecule has 6 heteroatoms. The van der Waals surface area contributed by atoms with Crippen LogP contribution in [0.25, 0.3) is 0 Å². The summed E-state index contributed by atoms with van der Waals surface area (Å²) in [5, 5.41) is 3.70. The molecule has 0 spiro atoms. The van der Waals surface area contributed by atoms with Gasteiger partial charge in [-0.1, -0.05) is 44.2 Å². The molecule has 0 bridgehead atoms. The summed E-state index contributed by atoms with van der Waals surface area (Å²) in [6.07, 6.45) is 1.21. The average molecular weight is 413 g/mol. The molecule has 1 atom stereocenters. The second kappa shape index (κ2) is 9.39. The third-order valence-electron chi connectivity index (χ3n) is 5.85. The van der Waals surface area contributed by atoms with Gasteiger partial charge >= 0.3 is 6.09 Å². The molecule has 1 unspecified atom stereocenters. The summed E-state index contributed by atoms with van der Waals surface area (Å²) >= 11 is 0. The maximum Gasteiger partial charge on any atom is 0.415 e. The predicted molar refractivity (Wildman–Crippen MR) is 118 cm³/mol. The molecular weight excluding hydrogens is 380 g/mol. The number of carbonyl (C=O) groups is 1. The average Bonchev–Trinajstić information content (AvgIpc) is 2.76. The van der Waals surface area contributed by atoms with Crippen LogP contribution in [0.15, 0.2) is 42.5 Å². The third-order valence-corrected chi connectivity index (χ3v) is 5.85. The lowest BCUT2D eigenvalue weighted by molar-refractivity contribution is 0.128. The third kappa shape index (κ3) is 4.10. The van der Waals surface area contributed by atoms with Crippen molar-refractivity contribution in [2.45, 2.75) is 45.8 Å². The van der Waals surface area contributed by atoms with E-state index < -0.39 is 5.66 Å². The second-order valence-electron chi connectivity index (χ2n) is 7.79. The lowest BCUT2D eigenvalue weighted by Crippen LogP contribution is -2.66. The topological polar surface area (TPSA) is 60.0 Å². The summed E-state index contributed by atoms with van der Waals surface area (Å²) in [6.45, 7) is 7.06. The molecule has 2 aromatic rings. The Balaban J connectivity index is 2.08. The highest BCUT2D eigenvalue weighted by atomic mass is 16.6. The molecular formula is C24H32N2O4. The number of fused-ring (bicyclic) bond motifs is 1. The Morgan fingerprint density at radius 2 is 1.80 bits per heavy atom. The number of anilines is 1. The van der Waals surface area contributed by atoms with Gasteiger partial charge in [-0.05, 0) is 42.9 Å². The number of benzene rings is 2. The van der Waals surface area contributed by atoms with Gasteiger partial charge in [-0.3, -0.25) is 10.2 Å². The fraction of sp³-hybridized carbons (Fsp3) is 0.458. The minimum Gasteiger partial charge on any atom is -0.493 e. The van der Waals surface area contributed by atoms with Crippen molar-refractivity contribution in [3.8, 4) is 11.5 Å². The number of nitrogens with zero attached hydrogens (tertiary/aromatic N) is 1. The number of rotatable bonds is 7. The van der Waals surface area contributed by atoms with Crippen LogP contribution in [0.1, 0.15) is 38.3 Å². The predicted octanol–water partition coefficient (Wildman–Crippen LogP) is 4.76. The van der Waals surface area contributed by atoms with Crippen molar-refractivity contribution < 1.29 is 19.0 Å². The van der Waals surface area contributed by atoms with Crippen LogP contribution in [-0.2, 0) is 17.7 Å². The van der Waals surface area contributed by atoms with E-state index in [1.165, 1.54) is 5.56 Å². The summed E-state index contributed by atoms with van der Waals surface area (Å²) in [5.74, 6) is 1.40. The van der Waals surface area contributed by atoms with E-state index in [2.05, 4.69) is 31.3 Å². The number of aryl methyl sites for hydroxylation is 1. The molecule has 1 aliphatic rings. The number of carbonyl (C=O) groups excluding carboxylic acids is 1.